The Kier molecular flexibility index (Phi) is 6.76. The van der Waals surface area contributed by atoms with Crippen LogP contribution < -0.4 is 10.5 Å². The molecule has 0 radical (unpaired) electrons. The third-order valence-electron chi connectivity index (χ3n) is 3.30. The molecule has 0 atom stereocenters. The molecule has 4 nitrogen and oxygen atoms in total. The molecule has 0 aliphatic heterocycles. The van der Waals surface area contributed by atoms with Crippen molar-refractivity contribution in [3.8, 4) is 0 Å². The molecule has 0 aromatic heterocycles. The van der Waals surface area contributed by atoms with E-state index in [-0.39, 0.29) is 29.4 Å². The summed E-state index contributed by atoms with van der Waals surface area (Å²) in [6, 6.07) is 4.78. The van der Waals surface area contributed by atoms with Crippen molar-refractivity contribution in [3.63, 3.8) is 0 Å². The molecule has 0 saturated heterocycles. The fraction of sp³-hybridized carbons (Fsp3) is 0.500. The molecule has 1 aliphatic carbocycles. The summed E-state index contributed by atoms with van der Waals surface area (Å²) in [7, 11) is -3.51. The zero-order valence-electron chi connectivity index (χ0n) is 10.7. The van der Waals surface area contributed by atoms with Crippen molar-refractivity contribution in [2.45, 2.75) is 42.7 Å². The number of sulfonamides is 1. The van der Waals surface area contributed by atoms with Gasteiger partial charge in [-0.25, -0.2) is 13.1 Å². The summed E-state index contributed by atoms with van der Waals surface area (Å²) in [5.41, 5.74) is 5.81. The molecular weight excluding hydrogens is 387 g/mol. The lowest BCUT2D eigenvalue weighted by Gasteiger charge is -2.26. The lowest BCUT2D eigenvalue weighted by Crippen LogP contribution is -2.40. The molecule has 0 heterocycles. The predicted octanol–water partition coefficient (Wildman–Crippen LogP) is 3.07. The Morgan fingerprint density at radius 3 is 2.40 bits per heavy atom. The third kappa shape index (κ3) is 4.58. The summed E-state index contributed by atoms with van der Waals surface area (Å²) in [6.45, 7) is 0. The predicted molar refractivity (Wildman–Crippen MR) is 87.0 cm³/mol. The molecule has 0 unspecified atom stereocenters. The summed E-state index contributed by atoms with van der Waals surface area (Å²) in [5.74, 6) is 0. The number of hydrogen-bond donors (Lipinski definition) is 2. The lowest BCUT2D eigenvalue weighted by molar-refractivity contribution is 0.373. The molecular formula is C12H17BrCl2N2O2S. The van der Waals surface area contributed by atoms with E-state index in [2.05, 4.69) is 20.7 Å². The van der Waals surface area contributed by atoms with Crippen molar-refractivity contribution in [1.29, 1.82) is 0 Å². The Hall–Kier alpha value is 0.150. The van der Waals surface area contributed by atoms with Crippen LogP contribution >= 0.6 is 39.9 Å². The van der Waals surface area contributed by atoms with E-state index in [4.69, 9.17) is 17.3 Å². The maximum atomic E-state index is 12.2. The Bertz CT molecular complexity index is 561. The summed E-state index contributed by atoms with van der Waals surface area (Å²) in [6.07, 6.45) is 3.28. The second-order valence-electron chi connectivity index (χ2n) is 4.81. The molecule has 3 N–H and O–H groups in total. The van der Waals surface area contributed by atoms with Crippen LogP contribution in [0, 0.1) is 0 Å². The molecule has 8 heteroatoms. The van der Waals surface area contributed by atoms with Crippen molar-refractivity contribution in [1.82, 2.24) is 4.72 Å². The second-order valence-corrected chi connectivity index (χ2v) is 7.78. The van der Waals surface area contributed by atoms with Gasteiger partial charge < -0.3 is 5.73 Å². The minimum absolute atomic E-state index is 0. The Morgan fingerprint density at radius 2 is 1.85 bits per heavy atom. The highest BCUT2D eigenvalue weighted by Gasteiger charge is 2.24. The summed E-state index contributed by atoms with van der Waals surface area (Å²) < 4.78 is 27.9. The van der Waals surface area contributed by atoms with Gasteiger partial charge in [-0.05, 0) is 59.8 Å². The number of nitrogens with one attached hydrogen (secondary N) is 1. The van der Waals surface area contributed by atoms with Crippen molar-refractivity contribution < 1.29 is 8.42 Å². The first-order chi connectivity index (χ1) is 8.88. The summed E-state index contributed by atoms with van der Waals surface area (Å²) in [5, 5.41) is 0.383. The van der Waals surface area contributed by atoms with E-state index in [1.165, 1.54) is 12.1 Å². The topological polar surface area (TPSA) is 72.2 Å². The first-order valence-corrected chi connectivity index (χ1v) is 8.77. The molecule has 1 aromatic rings. The number of hydrogen-bond acceptors (Lipinski definition) is 3. The van der Waals surface area contributed by atoms with E-state index in [9.17, 15) is 8.42 Å². The molecule has 1 aromatic carbocycles. The molecule has 0 spiro atoms. The highest BCUT2D eigenvalue weighted by Crippen LogP contribution is 2.26. The number of rotatable bonds is 3. The first kappa shape index (κ1) is 18.2. The normalized spacial score (nSPS) is 23.1. The van der Waals surface area contributed by atoms with Gasteiger partial charge in [-0.1, -0.05) is 11.6 Å². The maximum absolute atomic E-state index is 12.2. The van der Waals surface area contributed by atoms with Crippen molar-refractivity contribution in [3.05, 3.63) is 27.7 Å². The van der Waals surface area contributed by atoms with E-state index in [0.717, 1.165) is 25.7 Å². The van der Waals surface area contributed by atoms with E-state index in [1.54, 1.807) is 6.07 Å². The highest BCUT2D eigenvalue weighted by molar-refractivity contribution is 9.10. The first-order valence-electron chi connectivity index (χ1n) is 6.11. The largest absolute Gasteiger partial charge is 0.328 e. The monoisotopic (exact) mass is 402 g/mol. The molecule has 2 rings (SSSR count). The van der Waals surface area contributed by atoms with Gasteiger partial charge in [0.15, 0.2) is 0 Å². The van der Waals surface area contributed by atoms with Crippen LogP contribution in [-0.4, -0.2) is 20.5 Å². The minimum atomic E-state index is -3.51. The van der Waals surface area contributed by atoms with E-state index >= 15 is 0 Å². The van der Waals surface area contributed by atoms with Gasteiger partial charge in [-0.3, -0.25) is 0 Å². The van der Waals surface area contributed by atoms with Gasteiger partial charge in [0, 0.05) is 16.6 Å². The third-order valence-corrected chi connectivity index (χ3v) is 6.05. The molecule has 1 saturated carbocycles. The standard InChI is InChI=1S/C12H16BrClN2O2S.ClH/c13-11-6-5-10(7-12(11)14)19(17,18)16-9-3-1-8(15)2-4-9;/h5-9,16H,1-4,15H2;1H. The van der Waals surface area contributed by atoms with Gasteiger partial charge in [0.25, 0.3) is 0 Å². The molecule has 0 amide bonds. The van der Waals surface area contributed by atoms with Crippen LogP contribution in [0.2, 0.25) is 5.02 Å². The SMILES string of the molecule is Cl.NC1CCC(NS(=O)(=O)c2ccc(Br)c(Cl)c2)CC1. The number of halogens is 3. The van der Waals surface area contributed by atoms with E-state index in [1.807, 2.05) is 0 Å². The van der Waals surface area contributed by atoms with Crippen LogP contribution in [0.3, 0.4) is 0 Å². The fourth-order valence-corrected chi connectivity index (χ4v) is 3.99. The Labute approximate surface area is 139 Å². The molecule has 0 bridgehead atoms. The number of nitrogens with two attached hydrogens (primary N) is 1. The fourth-order valence-electron chi connectivity index (χ4n) is 2.17. The molecule has 114 valence electrons. The second kappa shape index (κ2) is 7.42. The van der Waals surface area contributed by atoms with Crippen molar-refractivity contribution >= 4 is 50.0 Å². The summed E-state index contributed by atoms with van der Waals surface area (Å²) in [4.78, 5) is 0.190. The molecule has 20 heavy (non-hydrogen) atoms. The van der Waals surface area contributed by atoms with Crippen LogP contribution in [0.15, 0.2) is 27.6 Å². The minimum Gasteiger partial charge on any atom is -0.328 e. The van der Waals surface area contributed by atoms with E-state index < -0.39 is 10.0 Å². The van der Waals surface area contributed by atoms with E-state index in [0.29, 0.717) is 9.50 Å². The number of benzene rings is 1. The molecule has 1 fully saturated rings. The van der Waals surface area contributed by atoms with Gasteiger partial charge >= 0.3 is 0 Å². The average Bonchev–Trinajstić information content (AvgIpc) is 2.35. The Morgan fingerprint density at radius 1 is 1.25 bits per heavy atom. The van der Waals surface area contributed by atoms with Crippen LogP contribution in [0.25, 0.3) is 0 Å². The maximum Gasteiger partial charge on any atom is 0.240 e. The summed E-state index contributed by atoms with van der Waals surface area (Å²) >= 11 is 9.17. The van der Waals surface area contributed by atoms with Crippen LogP contribution in [0.5, 0.6) is 0 Å². The van der Waals surface area contributed by atoms with Gasteiger partial charge in [0.2, 0.25) is 10.0 Å². The van der Waals surface area contributed by atoms with Gasteiger partial charge in [0.05, 0.1) is 9.92 Å². The average molecular weight is 404 g/mol. The smallest absolute Gasteiger partial charge is 0.240 e. The highest BCUT2D eigenvalue weighted by atomic mass is 79.9. The van der Waals surface area contributed by atoms with Crippen LogP contribution in [0.1, 0.15) is 25.7 Å². The molecule has 1 aliphatic rings. The lowest BCUT2D eigenvalue weighted by atomic mass is 9.93. The van der Waals surface area contributed by atoms with Gasteiger partial charge in [-0.2, -0.15) is 0 Å². The van der Waals surface area contributed by atoms with Crippen LogP contribution in [0.4, 0.5) is 0 Å². The quantitative estimate of drug-likeness (QED) is 0.814. The van der Waals surface area contributed by atoms with Crippen molar-refractivity contribution in [2.75, 3.05) is 0 Å². The van der Waals surface area contributed by atoms with Crippen molar-refractivity contribution in [2.24, 2.45) is 5.73 Å². The van der Waals surface area contributed by atoms with Gasteiger partial charge in [-0.15, -0.1) is 12.4 Å². The van der Waals surface area contributed by atoms with Crippen LogP contribution in [-0.2, 0) is 10.0 Å². The van der Waals surface area contributed by atoms with Gasteiger partial charge in [0.1, 0.15) is 0 Å². The Balaban J connectivity index is 0.00000200. The zero-order chi connectivity index (χ0) is 14.0. The zero-order valence-corrected chi connectivity index (χ0v) is 14.7.